The number of primary amides is 1. The van der Waals surface area contributed by atoms with Gasteiger partial charge < -0.3 is 16.2 Å². The molecule has 4 N–H and O–H groups in total. The summed E-state index contributed by atoms with van der Waals surface area (Å²) in [7, 11) is 0. The molecule has 2 atom stereocenters. The Morgan fingerprint density at radius 3 is 2.36 bits per heavy atom. The molecule has 0 aromatic carbocycles. The minimum Gasteiger partial charge on any atom is -0.381 e. The molecule has 2 amide bonds. The molecular formula is C8H15BrN2O3. The van der Waals surface area contributed by atoms with Crippen molar-refractivity contribution in [3.05, 3.63) is 0 Å². The van der Waals surface area contributed by atoms with Gasteiger partial charge in [-0.15, -0.1) is 0 Å². The molecule has 5 nitrogen and oxygen atoms in total. The maximum Gasteiger partial charge on any atom is 0.248 e. The van der Waals surface area contributed by atoms with Gasteiger partial charge in [-0.2, -0.15) is 0 Å². The molecule has 0 bridgehead atoms. The van der Waals surface area contributed by atoms with E-state index in [2.05, 4.69) is 21.2 Å². The Balaban J connectivity index is 3.91. The standard InChI is InChI=1S/C8H15BrN2O3/c1-4(2)6(9)8(14)11-3-5(12)7(10)13/h4-6,12H,3H2,1-2H3,(H2,10,13)(H,11,14). The number of nitrogens with one attached hydrogen (secondary N) is 1. The largest absolute Gasteiger partial charge is 0.381 e. The van der Waals surface area contributed by atoms with E-state index >= 15 is 0 Å². The van der Waals surface area contributed by atoms with Crippen LogP contribution in [-0.2, 0) is 9.59 Å². The van der Waals surface area contributed by atoms with Crippen molar-refractivity contribution < 1.29 is 14.7 Å². The Labute approximate surface area is 91.2 Å². The number of rotatable bonds is 5. The fraction of sp³-hybridized carbons (Fsp3) is 0.750. The van der Waals surface area contributed by atoms with Crippen molar-refractivity contribution in [2.45, 2.75) is 24.8 Å². The molecule has 82 valence electrons. The molecule has 0 radical (unpaired) electrons. The maximum absolute atomic E-state index is 11.3. The van der Waals surface area contributed by atoms with Crippen molar-refractivity contribution in [3.63, 3.8) is 0 Å². The summed E-state index contributed by atoms with van der Waals surface area (Å²) in [5.74, 6) is -0.970. The molecule has 0 rings (SSSR count). The Bertz CT molecular complexity index is 221. The van der Waals surface area contributed by atoms with Crippen molar-refractivity contribution >= 4 is 27.7 Å². The highest BCUT2D eigenvalue weighted by molar-refractivity contribution is 9.10. The first-order chi connectivity index (χ1) is 6.36. The molecule has 0 aromatic rings. The summed E-state index contributed by atoms with van der Waals surface area (Å²) in [6.45, 7) is 3.61. The number of carbonyl (C=O) groups excluding carboxylic acids is 2. The summed E-state index contributed by atoms with van der Waals surface area (Å²) in [4.78, 5) is 21.4. The highest BCUT2D eigenvalue weighted by atomic mass is 79.9. The third kappa shape index (κ3) is 4.57. The number of alkyl halides is 1. The van der Waals surface area contributed by atoms with Gasteiger partial charge in [0.15, 0.2) is 0 Å². The zero-order chi connectivity index (χ0) is 11.3. The van der Waals surface area contributed by atoms with Gasteiger partial charge in [-0.05, 0) is 5.92 Å². The lowest BCUT2D eigenvalue weighted by atomic mass is 10.1. The maximum atomic E-state index is 11.3. The molecule has 2 unspecified atom stereocenters. The van der Waals surface area contributed by atoms with Crippen LogP contribution in [0.5, 0.6) is 0 Å². The molecule has 0 saturated carbocycles. The molecule has 0 aliphatic heterocycles. The van der Waals surface area contributed by atoms with E-state index in [0.717, 1.165) is 0 Å². The van der Waals surface area contributed by atoms with Crippen LogP contribution in [0.4, 0.5) is 0 Å². The number of hydrogen-bond acceptors (Lipinski definition) is 3. The lowest BCUT2D eigenvalue weighted by Gasteiger charge is -2.14. The fourth-order valence-electron chi connectivity index (χ4n) is 0.698. The third-order valence-corrected chi connectivity index (χ3v) is 3.11. The normalized spacial score (nSPS) is 14.9. The minimum absolute atomic E-state index is 0.140. The zero-order valence-corrected chi connectivity index (χ0v) is 9.74. The molecule has 6 heteroatoms. The highest BCUT2D eigenvalue weighted by Crippen LogP contribution is 2.11. The molecule has 0 fully saturated rings. The van der Waals surface area contributed by atoms with E-state index in [1.54, 1.807) is 0 Å². The first-order valence-corrected chi connectivity index (χ1v) is 5.17. The Morgan fingerprint density at radius 1 is 1.50 bits per heavy atom. The van der Waals surface area contributed by atoms with E-state index in [0.29, 0.717) is 0 Å². The van der Waals surface area contributed by atoms with Gasteiger partial charge in [0.2, 0.25) is 11.8 Å². The van der Waals surface area contributed by atoms with Crippen molar-refractivity contribution in [2.24, 2.45) is 11.7 Å². The first-order valence-electron chi connectivity index (χ1n) is 4.25. The van der Waals surface area contributed by atoms with E-state index in [4.69, 9.17) is 10.8 Å². The number of aliphatic hydroxyl groups excluding tert-OH is 1. The Morgan fingerprint density at radius 2 is 2.00 bits per heavy atom. The summed E-state index contributed by atoms with van der Waals surface area (Å²) in [5.41, 5.74) is 4.81. The lowest BCUT2D eigenvalue weighted by Crippen LogP contribution is -2.43. The van der Waals surface area contributed by atoms with E-state index in [1.165, 1.54) is 0 Å². The molecule has 0 aromatic heterocycles. The Kier molecular flexibility index (Phi) is 5.71. The number of amides is 2. The van der Waals surface area contributed by atoms with Crippen LogP contribution in [0.1, 0.15) is 13.8 Å². The second kappa shape index (κ2) is 5.98. The number of hydrogen-bond donors (Lipinski definition) is 3. The van der Waals surface area contributed by atoms with E-state index < -0.39 is 12.0 Å². The van der Waals surface area contributed by atoms with Gasteiger partial charge >= 0.3 is 0 Å². The second-order valence-electron chi connectivity index (χ2n) is 3.31. The zero-order valence-electron chi connectivity index (χ0n) is 8.16. The summed E-state index contributed by atoms with van der Waals surface area (Å²) >= 11 is 3.18. The summed E-state index contributed by atoms with van der Waals surface area (Å²) in [5, 5.41) is 11.4. The van der Waals surface area contributed by atoms with Gasteiger partial charge in [-0.3, -0.25) is 9.59 Å². The quantitative estimate of drug-likeness (QED) is 0.579. The molecule has 0 aliphatic rings. The van der Waals surface area contributed by atoms with Crippen LogP contribution in [0.15, 0.2) is 0 Å². The van der Waals surface area contributed by atoms with Crippen LogP contribution < -0.4 is 11.1 Å². The molecule has 0 aliphatic carbocycles. The van der Waals surface area contributed by atoms with Gasteiger partial charge in [-0.25, -0.2) is 0 Å². The van der Waals surface area contributed by atoms with Crippen LogP contribution in [0.2, 0.25) is 0 Å². The van der Waals surface area contributed by atoms with E-state index in [1.807, 2.05) is 13.8 Å². The van der Waals surface area contributed by atoms with E-state index in [9.17, 15) is 9.59 Å². The topological polar surface area (TPSA) is 92.4 Å². The third-order valence-electron chi connectivity index (χ3n) is 1.63. The second-order valence-corrected chi connectivity index (χ2v) is 4.30. The van der Waals surface area contributed by atoms with Crippen LogP contribution >= 0.6 is 15.9 Å². The number of aliphatic hydroxyl groups is 1. The summed E-state index contributed by atoms with van der Waals surface area (Å²) < 4.78 is 0. The molecule has 14 heavy (non-hydrogen) atoms. The molecule has 0 saturated heterocycles. The molecular weight excluding hydrogens is 252 g/mol. The SMILES string of the molecule is CC(C)C(Br)C(=O)NCC(O)C(N)=O. The minimum atomic E-state index is -1.33. The highest BCUT2D eigenvalue weighted by Gasteiger charge is 2.20. The van der Waals surface area contributed by atoms with Crippen LogP contribution in [0, 0.1) is 5.92 Å². The number of halogens is 1. The monoisotopic (exact) mass is 266 g/mol. The van der Waals surface area contributed by atoms with Crippen molar-refractivity contribution in [3.8, 4) is 0 Å². The lowest BCUT2D eigenvalue weighted by molar-refractivity contribution is -0.127. The fourth-order valence-corrected chi connectivity index (χ4v) is 0.860. The van der Waals surface area contributed by atoms with Gasteiger partial charge in [-0.1, -0.05) is 29.8 Å². The van der Waals surface area contributed by atoms with E-state index in [-0.39, 0.29) is 23.2 Å². The van der Waals surface area contributed by atoms with Gasteiger partial charge in [0.05, 0.1) is 11.4 Å². The summed E-state index contributed by atoms with van der Waals surface area (Å²) in [6.07, 6.45) is -1.33. The average molecular weight is 267 g/mol. The predicted octanol–water partition coefficient (Wildman–Crippen LogP) is -0.632. The van der Waals surface area contributed by atoms with Crippen LogP contribution in [0.25, 0.3) is 0 Å². The van der Waals surface area contributed by atoms with Crippen molar-refractivity contribution in [2.75, 3.05) is 6.54 Å². The predicted molar refractivity (Wildman–Crippen MR) is 55.8 cm³/mol. The van der Waals surface area contributed by atoms with Crippen LogP contribution in [0.3, 0.4) is 0 Å². The average Bonchev–Trinajstić information content (AvgIpc) is 2.11. The first kappa shape index (κ1) is 13.4. The number of carbonyl (C=O) groups is 2. The van der Waals surface area contributed by atoms with Crippen molar-refractivity contribution in [1.29, 1.82) is 0 Å². The van der Waals surface area contributed by atoms with Crippen molar-refractivity contribution in [1.82, 2.24) is 5.32 Å². The molecule has 0 heterocycles. The smallest absolute Gasteiger partial charge is 0.248 e. The molecule has 0 spiro atoms. The Hall–Kier alpha value is -0.620. The van der Waals surface area contributed by atoms with Crippen LogP contribution in [-0.4, -0.2) is 34.4 Å². The summed E-state index contributed by atoms with van der Waals surface area (Å²) in [6, 6.07) is 0. The van der Waals surface area contributed by atoms with Gasteiger partial charge in [0.1, 0.15) is 6.10 Å². The van der Waals surface area contributed by atoms with Gasteiger partial charge in [0.25, 0.3) is 0 Å². The number of nitrogens with two attached hydrogens (primary N) is 1. The van der Waals surface area contributed by atoms with Gasteiger partial charge in [0, 0.05) is 0 Å².